The molecule has 0 aromatic heterocycles. The lowest BCUT2D eigenvalue weighted by atomic mass is 10.2. The zero-order valence-electron chi connectivity index (χ0n) is 7.97. The van der Waals surface area contributed by atoms with E-state index in [-0.39, 0.29) is 5.82 Å². The van der Waals surface area contributed by atoms with Gasteiger partial charge in [0.25, 0.3) is 0 Å². The molecule has 0 saturated carbocycles. The van der Waals surface area contributed by atoms with Gasteiger partial charge in [0.05, 0.1) is 0 Å². The first-order valence-electron chi connectivity index (χ1n) is 4.34. The molecule has 0 spiro atoms. The number of allylic oxidation sites excluding steroid dienone is 1. The van der Waals surface area contributed by atoms with E-state index in [2.05, 4.69) is 0 Å². The highest BCUT2D eigenvalue weighted by Gasteiger charge is 1.99. The van der Waals surface area contributed by atoms with Gasteiger partial charge < -0.3 is 4.74 Å². The normalized spacial score (nSPS) is 10.8. The maximum Gasteiger partial charge on any atom is 0.126 e. The first kappa shape index (κ1) is 11.1. The average molecular weight is 215 g/mol. The van der Waals surface area contributed by atoms with Crippen LogP contribution >= 0.6 is 11.6 Å². The maximum atomic E-state index is 12.8. The third kappa shape index (κ3) is 3.38. The number of hydrogen-bond acceptors (Lipinski definition) is 1. The van der Waals surface area contributed by atoms with Gasteiger partial charge in [-0.25, -0.2) is 4.39 Å². The van der Waals surface area contributed by atoms with Crippen molar-refractivity contribution >= 4 is 11.6 Å². The molecular weight excluding hydrogens is 203 g/mol. The van der Waals surface area contributed by atoms with E-state index in [9.17, 15) is 4.39 Å². The molecular formula is C11H12ClFO. The molecule has 0 aliphatic carbocycles. The molecule has 1 nitrogen and oxygen atoms in total. The fraction of sp³-hybridized carbons (Fsp3) is 0.273. The molecule has 1 aromatic rings. The van der Waals surface area contributed by atoms with Gasteiger partial charge in [0.15, 0.2) is 0 Å². The van der Waals surface area contributed by atoms with Crippen molar-refractivity contribution < 1.29 is 9.13 Å². The van der Waals surface area contributed by atoms with Crippen LogP contribution in [-0.4, -0.2) is 12.5 Å². The Kier molecular flexibility index (Phi) is 4.47. The summed E-state index contributed by atoms with van der Waals surface area (Å²) in [7, 11) is 0. The average Bonchev–Trinajstić information content (AvgIpc) is 2.18. The van der Waals surface area contributed by atoms with Gasteiger partial charge in [-0.2, -0.15) is 0 Å². The first-order chi connectivity index (χ1) is 6.74. The lowest BCUT2D eigenvalue weighted by Crippen LogP contribution is -1.96. The van der Waals surface area contributed by atoms with Crippen LogP contribution in [0.1, 0.15) is 5.56 Å². The van der Waals surface area contributed by atoms with E-state index in [1.165, 1.54) is 12.1 Å². The number of benzene rings is 1. The minimum Gasteiger partial charge on any atom is -0.489 e. The number of ether oxygens (including phenoxy) is 1. The molecule has 0 heterocycles. The summed E-state index contributed by atoms with van der Waals surface area (Å²) in [6, 6.07) is 4.48. The highest BCUT2D eigenvalue weighted by molar-refractivity contribution is 6.18. The number of rotatable bonds is 4. The second kappa shape index (κ2) is 5.66. The molecule has 0 atom stereocenters. The van der Waals surface area contributed by atoms with Crippen LogP contribution in [-0.2, 0) is 0 Å². The van der Waals surface area contributed by atoms with Gasteiger partial charge in [-0.15, -0.1) is 11.6 Å². The highest BCUT2D eigenvalue weighted by atomic mass is 35.5. The van der Waals surface area contributed by atoms with Gasteiger partial charge in [0, 0.05) is 11.9 Å². The second-order valence-electron chi connectivity index (χ2n) is 2.85. The SMILES string of the molecule is Cc1ccc(F)cc1OC/C=C/CCl. The Labute approximate surface area is 88.1 Å². The van der Waals surface area contributed by atoms with E-state index in [0.29, 0.717) is 18.2 Å². The Morgan fingerprint density at radius 3 is 2.93 bits per heavy atom. The summed E-state index contributed by atoms with van der Waals surface area (Å²) in [5.74, 6) is 0.752. The minimum absolute atomic E-state index is 0.285. The van der Waals surface area contributed by atoms with Gasteiger partial charge >= 0.3 is 0 Å². The Morgan fingerprint density at radius 2 is 2.21 bits per heavy atom. The van der Waals surface area contributed by atoms with Gasteiger partial charge in [-0.05, 0) is 18.6 Å². The lowest BCUT2D eigenvalue weighted by Gasteiger charge is -2.06. The van der Waals surface area contributed by atoms with Crippen molar-refractivity contribution in [1.29, 1.82) is 0 Å². The Balaban J connectivity index is 2.57. The summed E-state index contributed by atoms with van der Waals surface area (Å²) in [5.41, 5.74) is 0.922. The van der Waals surface area contributed by atoms with Crippen LogP contribution in [0.4, 0.5) is 4.39 Å². The van der Waals surface area contributed by atoms with Crippen molar-refractivity contribution in [2.75, 3.05) is 12.5 Å². The predicted molar refractivity (Wildman–Crippen MR) is 56.5 cm³/mol. The number of hydrogen-bond donors (Lipinski definition) is 0. The summed E-state index contributed by atoms with van der Waals surface area (Å²) in [4.78, 5) is 0. The van der Waals surface area contributed by atoms with Crippen LogP contribution in [0.15, 0.2) is 30.4 Å². The monoisotopic (exact) mass is 214 g/mol. The van der Waals surface area contributed by atoms with E-state index < -0.39 is 0 Å². The zero-order valence-corrected chi connectivity index (χ0v) is 8.72. The molecule has 0 bridgehead atoms. The molecule has 0 unspecified atom stereocenters. The summed E-state index contributed by atoms with van der Waals surface area (Å²) in [6.45, 7) is 2.29. The highest BCUT2D eigenvalue weighted by Crippen LogP contribution is 2.18. The molecule has 0 fully saturated rings. The second-order valence-corrected chi connectivity index (χ2v) is 3.16. The van der Waals surface area contributed by atoms with Crippen molar-refractivity contribution in [1.82, 2.24) is 0 Å². The van der Waals surface area contributed by atoms with Gasteiger partial charge in [0.2, 0.25) is 0 Å². The summed E-state index contributed by atoms with van der Waals surface area (Å²) >= 11 is 5.44. The molecule has 1 rings (SSSR count). The smallest absolute Gasteiger partial charge is 0.126 e. The Morgan fingerprint density at radius 1 is 1.43 bits per heavy atom. The van der Waals surface area contributed by atoms with Crippen LogP contribution in [0.3, 0.4) is 0 Å². The van der Waals surface area contributed by atoms with E-state index in [1.807, 2.05) is 6.92 Å². The fourth-order valence-corrected chi connectivity index (χ4v) is 1.12. The molecule has 0 radical (unpaired) electrons. The standard InChI is InChI=1S/C11H12ClFO/c1-9-4-5-10(13)8-11(9)14-7-3-2-6-12/h2-5,8H,6-7H2,1H3/b3-2+. The van der Waals surface area contributed by atoms with E-state index >= 15 is 0 Å². The summed E-state index contributed by atoms with van der Waals surface area (Å²) in [6.07, 6.45) is 3.59. The summed E-state index contributed by atoms with van der Waals surface area (Å²) < 4.78 is 18.1. The molecule has 0 aliphatic rings. The quantitative estimate of drug-likeness (QED) is 0.552. The van der Waals surface area contributed by atoms with Crippen LogP contribution in [0.25, 0.3) is 0 Å². The maximum absolute atomic E-state index is 12.8. The zero-order chi connectivity index (χ0) is 10.4. The fourth-order valence-electron chi connectivity index (χ4n) is 0.998. The molecule has 0 saturated heterocycles. The van der Waals surface area contributed by atoms with Crippen molar-refractivity contribution in [3.8, 4) is 5.75 Å². The van der Waals surface area contributed by atoms with Crippen LogP contribution in [0, 0.1) is 12.7 Å². The largest absolute Gasteiger partial charge is 0.489 e. The van der Waals surface area contributed by atoms with E-state index in [1.54, 1.807) is 18.2 Å². The van der Waals surface area contributed by atoms with Crippen LogP contribution in [0.2, 0.25) is 0 Å². The molecule has 0 amide bonds. The van der Waals surface area contributed by atoms with Crippen LogP contribution in [0.5, 0.6) is 5.75 Å². The first-order valence-corrected chi connectivity index (χ1v) is 4.87. The third-order valence-electron chi connectivity index (χ3n) is 1.74. The molecule has 76 valence electrons. The minimum atomic E-state index is -0.285. The molecule has 3 heteroatoms. The van der Waals surface area contributed by atoms with Crippen molar-refractivity contribution in [3.63, 3.8) is 0 Å². The topological polar surface area (TPSA) is 9.23 Å². The van der Waals surface area contributed by atoms with Crippen molar-refractivity contribution in [3.05, 3.63) is 41.7 Å². The van der Waals surface area contributed by atoms with Crippen molar-refractivity contribution in [2.45, 2.75) is 6.92 Å². The molecule has 0 N–H and O–H groups in total. The van der Waals surface area contributed by atoms with Crippen molar-refractivity contribution in [2.24, 2.45) is 0 Å². The van der Waals surface area contributed by atoms with Crippen LogP contribution < -0.4 is 4.74 Å². The Bertz CT molecular complexity index is 323. The van der Waals surface area contributed by atoms with Gasteiger partial charge in [-0.3, -0.25) is 0 Å². The summed E-state index contributed by atoms with van der Waals surface area (Å²) in [5, 5.41) is 0. The van der Waals surface area contributed by atoms with E-state index in [4.69, 9.17) is 16.3 Å². The molecule has 1 aromatic carbocycles. The van der Waals surface area contributed by atoms with Gasteiger partial charge in [0.1, 0.15) is 18.2 Å². The third-order valence-corrected chi connectivity index (χ3v) is 1.92. The number of alkyl halides is 1. The van der Waals surface area contributed by atoms with E-state index in [0.717, 1.165) is 5.56 Å². The van der Waals surface area contributed by atoms with Gasteiger partial charge in [-0.1, -0.05) is 18.2 Å². The molecule has 0 aliphatic heterocycles. The Hall–Kier alpha value is -1.02. The number of aryl methyl sites for hydroxylation is 1. The number of halogens is 2. The molecule has 14 heavy (non-hydrogen) atoms. The predicted octanol–water partition coefficient (Wildman–Crippen LogP) is 3.31. The lowest BCUT2D eigenvalue weighted by molar-refractivity contribution is 0.358.